The minimum Gasteiger partial charge on any atom is -0.496 e. The van der Waals surface area contributed by atoms with Crippen molar-refractivity contribution in [3.8, 4) is 5.75 Å². The average molecular weight is 275 g/mol. The standard InChI is InChI=1S/C16H21NOS/c1-10-7-11(2)13(12(3)8-10)9-14(17)16-15(18-4)5-6-19-16/h5-8,14H,9,17H2,1-4H3. The van der Waals surface area contributed by atoms with E-state index in [9.17, 15) is 0 Å². The Morgan fingerprint density at radius 2 is 1.84 bits per heavy atom. The van der Waals surface area contributed by atoms with Gasteiger partial charge in [0.05, 0.1) is 12.0 Å². The summed E-state index contributed by atoms with van der Waals surface area (Å²) in [6.45, 7) is 6.45. The molecule has 0 amide bonds. The van der Waals surface area contributed by atoms with Gasteiger partial charge in [0.25, 0.3) is 0 Å². The first-order chi connectivity index (χ1) is 9.02. The van der Waals surface area contributed by atoms with Crippen LogP contribution in [0.1, 0.15) is 33.2 Å². The molecule has 1 heterocycles. The van der Waals surface area contributed by atoms with Crippen molar-refractivity contribution in [2.24, 2.45) is 5.73 Å². The molecule has 0 spiro atoms. The van der Waals surface area contributed by atoms with Gasteiger partial charge < -0.3 is 10.5 Å². The van der Waals surface area contributed by atoms with Gasteiger partial charge in [0.15, 0.2) is 0 Å². The normalized spacial score (nSPS) is 12.5. The van der Waals surface area contributed by atoms with Gasteiger partial charge in [-0.05, 0) is 55.3 Å². The van der Waals surface area contributed by atoms with Crippen molar-refractivity contribution in [1.82, 2.24) is 0 Å². The van der Waals surface area contributed by atoms with Crippen molar-refractivity contribution in [3.05, 3.63) is 50.7 Å². The summed E-state index contributed by atoms with van der Waals surface area (Å²) in [5.41, 5.74) is 11.7. The van der Waals surface area contributed by atoms with Crippen LogP contribution in [0.15, 0.2) is 23.6 Å². The largest absolute Gasteiger partial charge is 0.496 e. The fourth-order valence-corrected chi connectivity index (χ4v) is 3.46. The van der Waals surface area contributed by atoms with Gasteiger partial charge in [-0.15, -0.1) is 11.3 Å². The lowest BCUT2D eigenvalue weighted by molar-refractivity contribution is 0.408. The number of aryl methyl sites for hydroxylation is 3. The lowest BCUT2D eigenvalue weighted by Gasteiger charge is -2.16. The summed E-state index contributed by atoms with van der Waals surface area (Å²) in [7, 11) is 1.70. The number of hydrogen-bond donors (Lipinski definition) is 1. The zero-order valence-corrected chi connectivity index (χ0v) is 12.8. The number of hydrogen-bond acceptors (Lipinski definition) is 3. The molecule has 2 aromatic rings. The molecular formula is C16H21NOS. The molecule has 1 aromatic carbocycles. The Bertz CT molecular complexity index is 551. The maximum atomic E-state index is 6.35. The second-order valence-corrected chi connectivity index (χ2v) is 5.99. The quantitative estimate of drug-likeness (QED) is 0.917. The van der Waals surface area contributed by atoms with Crippen LogP contribution in [0.4, 0.5) is 0 Å². The highest BCUT2D eigenvalue weighted by Gasteiger charge is 2.16. The molecule has 0 saturated carbocycles. The van der Waals surface area contributed by atoms with Gasteiger partial charge in [-0.1, -0.05) is 17.7 Å². The lowest BCUT2D eigenvalue weighted by Crippen LogP contribution is -2.14. The number of nitrogens with two attached hydrogens (primary N) is 1. The van der Waals surface area contributed by atoms with Crippen molar-refractivity contribution in [2.45, 2.75) is 33.2 Å². The van der Waals surface area contributed by atoms with E-state index in [1.54, 1.807) is 18.4 Å². The molecule has 3 heteroatoms. The first kappa shape index (κ1) is 14.1. The number of ether oxygens (including phenoxy) is 1. The SMILES string of the molecule is COc1ccsc1C(N)Cc1c(C)cc(C)cc1C. The molecule has 1 unspecified atom stereocenters. The third kappa shape index (κ3) is 2.99. The summed E-state index contributed by atoms with van der Waals surface area (Å²) in [4.78, 5) is 1.13. The van der Waals surface area contributed by atoms with Crippen molar-refractivity contribution in [1.29, 1.82) is 0 Å². The van der Waals surface area contributed by atoms with Gasteiger partial charge in [-0.25, -0.2) is 0 Å². The van der Waals surface area contributed by atoms with Gasteiger partial charge in [0.2, 0.25) is 0 Å². The Morgan fingerprint density at radius 1 is 1.21 bits per heavy atom. The van der Waals surface area contributed by atoms with Gasteiger partial charge in [0, 0.05) is 6.04 Å². The number of methoxy groups -OCH3 is 1. The Kier molecular flexibility index (Phi) is 4.27. The van der Waals surface area contributed by atoms with Crippen LogP contribution in [0, 0.1) is 20.8 Å². The number of thiophene rings is 1. The highest BCUT2D eigenvalue weighted by molar-refractivity contribution is 7.10. The summed E-state index contributed by atoms with van der Waals surface area (Å²) < 4.78 is 5.35. The van der Waals surface area contributed by atoms with Crippen LogP contribution >= 0.6 is 11.3 Å². The van der Waals surface area contributed by atoms with E-state index in [0.29, 0.717) is 0 Å². The van der Waals surface area contributed by atoms with E-state index in [-0.39, 0.29) is 6.04 Å². The van der Waals surface area contributed by atoms with Crippen molar-refractivity contribution < 1.29 is 4.74 Å². The fourth-order valence-electron chi connectivity index (χ4n) is 2.59. The van der Waals surface area contributed by atoms with E-state index in [4.69, 9.17) is 10.5 Å². The molecule has 0 fully saturated rings. The molecule has 1 aromatic heterocycles. The third-order valence-electron chi connectivity index (χ3n) is 3.48. The van der Waals surface area contributed by atoms with Gasteiger partial charge in [-0.3, -0.25) is 0 Å². The number of rotatable bonds is 4. The van der Waals surface area contributed by atoms with Crippen LogP contribution in [0.5, 0.6) is 5.75 Å². The summed E-state index contributed by atoms with van der Waals surface area (Å²) in [5, 5.41) is 2.03. The number of benzene rings is 1. The molecule has 0 aliphatic heterocycles. The zero-order chi connectivity index (χ0) is 14.0. The molecule has 1 atom stereocenters. The minimum atomic E-state index is -0.00458. The molecule has 2 rings (SSSR count). The molecule has 0 aliphatic carbocycles. The second kappa shape index (κ2) is 5.76. The van der Waals surface area contributed by atoms with Crippen LogP contribution in [-0.2, 0) is 6.42 Å². The lowest BCUT2D eigenvalue weighted by atomic mass is 9.94. The van der Waals surface area contributed by atoms with Gasteiger partial charge in [0.1, 0.15) is 5.75 Å². The van der Waals surface area contributed by atoms with Crippen LogP contribution in [0.2, 0.25) is 0 Å². The van der Waals surface area contributed by atoms with Crippen molar-refractivity contribution in [3.63, 3.8) is 0 Å². The highest BCUT2D eigenvalue weighted by Crippen LogP contribution is 2.32. The van der Waals surface area contributed by atoms with Crippen LogP contribution in [0.25, 0.3) is 0 Å². The molecule has 2 N–H and O–H groups in total. The zero-order valence-electron chi connectivity index (χ0n) is 12.0. The first-order valence-electron chi connectivity index (χ1n) is 6.46. The van der Waals surface area contributed by atoms with E-state index in [2.05, 4.69) is 32.9 Å². The second-order valence-electron chi connectivity index (χ2n) is 5.04. The summed E-state index contributed by atoms with van der Waals surface area (Å²) >= 11 is 1.67. The smallest absolute Gasteiger partial charge is 0.134 e. The van der Waals surface area contributed by atoms with Crippen LogP contribution < -0.4 is 10.5 Å². The summed E-state index contributed by atoms with van der Waals surface area (Å²) in [6.07, 6.45) is 0.856. The average Bonchev–Trinajstić information content (AvgIpc) is 2.81. The third-order valence-corrected chi connectivity index (χ3v) is 4.51. The van der Waals surface area contributed by atoms with E-state index >= 15 is 0 Å². The molecule has 0 bridgehead atoms. The van der Waals surface area contributed by atoms with Gasteiger partial charge >= 0.3 is 0 Å². The molecule has 0 aliphatic rings. The maximum Gasteiger partial charge on any atom is 0.134 e. The Morgan fingerprint density at radius 3 is 2.42 bits per heavy atom. The Balaban J connectivity index is 2.27. The molecule has 0 saturated heterocycles. The molecule has 19 heavy (non-hydrogen) atoms. The molecule has 102 valence electrons. The van der Waals surface area contributed by atoms with Crippen LogP contribution in [0.3, 0.4) is 0 Å². The first-order valence-corrected chi connectivity index (χ1v) is 7.34. The molecular weight excluding hydrogens is 254 g/mol. The Labute approximate surface area is 119 Å². The summed E-state index contributed by atoms with van der Waals surface area (Å²) in [5.74, 6) is 0.903. The highest BCUT2D eigenvalue weighted by atomic mass is 32.1. The van der Waals surface area contributed by atoms with Gasteiger partial charge in [-0.2, -0.15) is 0 Å². The monoisotopic (exact) mass is 275 g/mol. The molecule has 0 radical (unpaired) electrons. The van der Waals surface area contributed by atoms with E-state index < -0.39 is 0 Å². The molecule has 2 nitrogen and oxygen atoms in total. The van der Waals surface area contributed by atoms with Crippen molar-refractivity contribution >= 4 is 11.3 Å². The van der Waals surface area contributed by atoms with E-state index in [0.717, 1.165) is 17.0 Å². The summed E-state index contributed by atoms with van der Waals surface area (Å²) in [6, 6.07) is 6.42. The predicted octanol–water partition coefficient (Wildman–Crippen LogP) is 3.92. The fraction of sp³-hybridized carbons (Fsp3) is 0.375. The van der Waals surface area contributed by atoms with E-state index in [1.807, 2.05) is 11.4 Å². The topological polar surface area (TPSA) is 35.2 Å². The van der Waals surface area contributed by atoms with Crippen molar-refractivity contribution in [2.75, 3.05) is 7.11 Å². The maximum absolute atomic E-state index is 6.35. The Hall–Kier alpha value is -1.32. The van der Waals surface area contributed by atoms with E-state index in [1.165, 1.54) is 22.3 Å². The van der Waals surface area contributed by atoms with Crippen LogP contribution in [-0.4, -0.2) is 7.11 Å². The minimum absolute atomic E-state index is 0.00458. The predicted molar refractivity (Wildman–Crippen MR) is 82.2 cm³/mol.